The number of esters is 1. The number of nitrogens with one attached hydrogen (secondary N) is 1. The molecular weight excluding hydrogens is 422 g/mol. The van der Waals surface area contributed by atoms with Gasteiger partial charge in [0.05, 0.1) is 6.33 Å². The summed E-state index contributed by atoms with van der Waals surface area (Å²) in [6.07, 6.45) is 0.218. The summed E-state index contributed by atoms with van der Waals surface area (Å²) in [6, 6.07) is 5.31. The Labute approximate surface area is 180 Å². The number of nitrogens with zero attached hydrogens (tertiary/aromatic N) is 4. The average molecular weight is 443 g/mol. The second-order valence-corrected chi connectivity index (χ2v) is 7.29. The van der Waals surface area contributed by atoms with Crippen molar-refractivity contribution in [3.8, 4) is 11.5 Å². The number of benzene rings is 1. The van der Waals surface area contributed by atoms with Crippen LogP contribution in [0, 0.1) is 0 Å². The molecule has 1 N–H and O–H groups in total. The van der Waals surface area contributed by atoms with Crippen LogP contribution in [-0.4, -0.2) is 43.5 Å². The number of aryl methyl sites for hydroxylation is 1. The van der Waals surface area contributed by atoms with Crippen molar-refractivity contribution in [1.82, 2.24) is 24.0 Å². The molecule has 0 radical (unpaired) electrons. The minimum absolute atomic E-state index is 0.0893. The highest BCUT2D eigenvalue weighted by Crippen LogP contribution is 2.32. The van der Waals surface area contributed by atoms with E-state index in [-0.39, 0.29) is 31.0 Å². The Morgan fingerprint density at radius 2 is 1.94 bits per heavy atom. The second-order valence-electron chi connectivity index (χ2n) is 7.29. The number of aromatic nitrogens is 4. The van der Waals surface area contributed by atoms with E-state index in [9.17, 15) is 19.2 Å². The molecule has 3 heterocycles. The van der Waals surface area contributed by atoms with Crippen LogP contribution >= 0.6 is 0 Å². The normalized spacial score (nSPS) is 13.2. The molecule has 1 amide bonds. The Kier molecular flexibility index (Phi) is 5.43. The molecule has 0 fully saturated rings. The molecule has 0 saturated heterocycles. The van der Waals surface area contributed by atoms with Gasteiger partial charge in [-0.25, -0.2) is 9.78 Å². The summed E-state index contributed by atoms with van der Waals surface area (Å²) in [5.41, 5.74) is -0.0645. The molecule has 0 saturated carbocycles. The van der Waals surface area contributed by atoms with Gasteiger partial charge in [0.1, 0.15) is 6.54 Å². The van der Waals surface area contributed by atoms with Crippen LogP contribution in [0.2, 0.25) is 0 Å². The number of hydrogen-bond donors (Lipinski definition) is 1. The van der Waals surface area contributed by atoms with Crippen molar-refractivity contribution < 1.29 is 23.8 Å². The van der Waals surface area contributed by atoms with Crippen molar-refractivity contribution in [3.63, 3.8) is 0 Å². The first-order valence-electron chi connectivity index (χ1n) is 9.73. The molecule has 32 heavy (non-hydrogen) atoms. The van der Waals surface area contributed by atoms with Gasteiger partial charge in [0.2, 0.25) is 6.79 Å². The zero-order valence-electron chi connectivity index (χ0n) is 17.7. The van der Waals surface area contributed by atoms with E-state index in [4.69, 9.17) is 14.2 Å². The monoisotopic (exact) mass is 443 g/mol. The lowest BCUT2D eigenvalue weighted by Crippen LogP contribution is -2.38. The summed E-state index contributed by atoms with van der Waals surface area (Å²) < 4.78 is 19.2. The van der Waals surface area contributed by atoms with Gasteiger partial charge in [0.15, 0.2) is 28.8 Å². The molecule has 4 rings (SSSR count). The molecule has 2 aromatic heterocycles. The third-order valence-corrected chi connectivity index (χ3v) is 5.10. The topological polar surface area (TPSA) is 136 Å². The van der Waals surface area contributed by atoms with Gasteiger partial charge in [0.25, 0.3) is 11.5 Å². The van der Waals surface area contributed by atoms with E-state index in [2.05, 4.69) is 10.3 Å². The molecule has 1 unspecified atom stereocenters. The third kappa shape index (κ3) is 3.82. The molecule has 12 nitrogen and oxygen atoms in total. The summed E-state index contributed by atoms with van der Waals surface area (Å²) in [7, 11) is 2.82. The number of amides is 1. The summed E-state index contributed by atoms with van der Waals surface area (Å²) >= 11 is 0. The Morgan fingerprint density at radius 3 is 2.72 bits per heavy atom. The molecule has 1 aliphatic rings. The van der Waals surface area contributed by atoms with Crippen molar-refractivity contribution in [3.05, 3.63) is 50.9 Å². The van der Waals surface area contributed by atoms with Crippen LogP contribution in [0.15, 0.2) is 34.1 Å². The quantitative estimate of drug-likeness (QED) is 0.500. The maximum Gasteiger partial charge on any atom is 0.332 e. The molecule has 0 bridgehead atoms. The number of hydrogen-bond acceptors (Lipinski definition) is 8. The summed E-state index contributed by atoms with van der Waals surface area (Å²) in [5.74, 6) is 0.0347. The highest BCUT2D eigenvalue weighted by atomic mass is 16.7. The molecule has 1 aromatic carbocycles. The van der Waals surface area contributed by atoms with Crippen molar-refractivity contribution >= 4 is 23.0 Å². The van der Waals surface area contributed by atoms with Crippen molar-refractivity contribution in [2.24, 2.45) is 14.1 Å². The average Bonchev–Trinajstić information content (AvgIpc) is 3.41. The molecule has 168 valence electrons. The van der Waals surface area contributed by atoms with Crippen LogP contribution in [0.5, 0.6) is 11.5 Å². The fourth-order valence-corrected chi connectivity index (χ4v) is 3.33. The number of carbonyl (C=O) groups is 2. The lowest BCUT2D eigenvalue weighted by molar-refractivity contribution is -0.155. The smallest absolute Gasteiger partial charge is 0.332 e. The molecular formula is C20H21N5O7. The summed E-state index contributed by atoms with van der Waals surface area (Å²) in [5, 5.41) is 2.69. The molecule has 1 atom stereocenters. The molecule has 1 aliphatic heterocycles. The van der Waals surface area contributed by atoms with Gasteiger partial charge in [-0.15, -0.1) is 0 Å². The van der Waals surface area contributed by atoms with Crippen LogP contribution in [0.25, 0.3) is 11.2 Å². The Balaban J connectivity index is 1.38. The maximum absolute atomic E-state index is 12.4. The number of carbonyl (C=O) groups excluding carboxylic acids is 2. The Bertz CT molecular complexity index is 1340. The van der Waals surface area contributed by atoms with Crippen molar-refractivity contribution in [1.29, 1.82) is 0 Å². The first-order valence-corrected chi connectivity index (χ1v) is 9.73. The first-order chi connectivity index (χ1) is 15.3. The molecule has 3 aromatic rings. The van der Waals surface area contributed by atoms with E-state index >= 15 is 0 Å². The predicted molar refractivity (Wildman–Crippen MR) is 110 cm³/mol. The number of imidazole rings is 1. The minimum atomic E-state index is -1.06. The van der Waals surface area contributed by atoms with Gasteiger partial charge in [-0.3, -0.25) is 23.5 Å². The standard InChI is InChI=1S/C20H21N5O7/c1-11(18(27)21-7-12-4-5-13-14(6-12)31-10-30-13)32-15(26)8-25-9-22-17-16(25)19(28)24(3)20(29)23(17)2/h4-6,9,11H,7-8,10H2,1-3H3,(H,21,27). The Hall–Kier alpha value is -4.09. The fraction of sp³-hybridized carbons (Fsp3) is 0.350. The maximum atomic E-state index is 12.4. The SMILES string of the molecule is CC(OC(=O)Cn1cnc2c1c(=O)n(C)c(=O)n2C)C(=O)NCc1ccc2c(c1)OCO2. The van der Waals surface area contributed by atoms with Gasteiger partial charge in [-0.1, -0.05) is 6.07 Å². The highest BCUT2D eigenvalue weighted by molar-refractivity contribution is 5.83. The van der Waals surface area contributed by atoms with E-state index in [0.29, 0.717) is 11.5 Å². The van der Waals surface area contributed by atoms with Gasteiger partial charge >= 0.3 is 11.7 Å². The van der Waals surface area contributed by atoms with E-state index in [1.807, 2.05) is 0 Å². The molecule has 0 spiro atoms. The second kappa shape index (κ2) is 8.21. The molecule has 12 heteroatoms. The zero-order valence-corrected chi connectivity index (χ0v) is 17.7. The lowest BCUT2D eigenvalue weighted by Gasteiger charge is -2.14. The highest BCUT2D eigenvalue weighted by Gasteiger charge is 2.21. The summed E-state index contributed by atoms with van der Waals surface area (Å²) in [4.78, 5) is 53.2. The van der Waals surface area contributed by atoms with Crippen LogP contribution in [0.3, 0.4) is 0 Å². The van der Waals surface area contributed by atoms with Gasteiger partial charge < -0.3 is 24.1 Å². The van der Waals surface area contributed by atoms with Gasteiger partial charge in [-0.05, 0) is 24.6 Å². The van der Waals surface area contributed by atoms with Crippen molar-refractivity contribution in [2.45, 2.75) is 26.1 Å². The predicted octanol–water partition coefficient (Wildman–Crippen LogP) is -0.589. The van der Waals surface area contributed by atoms with Crippen LogP contribution < -0.4 is 26.0 Å². The summed E-state index contributed by atoms with van der Waals surface area (Å²) in [6.45, 7) is 1.48. The van der Waals surface area contributed by atoms with Crippen molar-refractivity contribution in [2.75, 3.05) is 6.79 Å². The van der Waals surface area contributed by atoms with Gasteiger partial charge in [0, 0.05) is 20.6 Å². The third-order valence-electron chi connectivity index (χ3n) is 5.10. The zero-order chi connectivity index (χ0) is 23.0. The minimum Gasteiger partial charge on any atom is -0.454 e. The van der Waals surface area contributed by atoms with Crippen LogP contribution in [0.4, 0.5) is 0 Å². The number of rotatable bonds is 6. The number of fused-ring (bicyclic) bond motifs is 2. The van der Waals surface area contributed by atoms with Crippen LogP contribution in [-0.2, 0) is 41.5 Å². The van der Waals surface area contributed by atoms with E-state index in [1.54, 1.807) is 18.2 Å². The molecule has 0 aliphatic carbocycles. The number of ether oxygens (including phenoxy) is 3. The lowest BCUT2D eigenvalue weighted by atomic mass is 10.2. The van der Waals surface area contributed by atoms with Gasteiger partial charge in [-0.2, -0.15) is 0 Å². The van der Waals surface area contributed by atoms with E-state index < -0.39 is 29.2 Å². The first kappa shape index (κ1) is 21.2. The van der Waals surface area contributed by atoms with E-state index in [0.717, 1.165) is 10.1 Å². The van der Waals surface area contributed by atoms with E-state index in [1.165, 1.54) is 36.5 Å². The largest absolute Gasteiger partial charge is 0.454 e. The Morgan fingerprint density at radius 1 is 1.19 bits per heavy atom. The fourth-order valence-electron chi connectivity index (χ4n) is 3.33. The van der Waals surface area contributed by atoms with Crippen LogP contribution in [0.1, 0.15) is 12.5 Å².